The third-order valence-electron chi connectivity index (χ3n) is 3.31. The second-order valence-corrected chi connectivity index (χ2v) is 6.23. The van der Waals surface area contributed by atoms with E-state index < -0.39 is 0 Å². The lowest BCUT2D eigenvalue weighted by molar-refractivity contribution is 0.687. The van der Waals surface area contributed by atoms with E-state index in [4.69, 9.17) is 0 Å². The lowest BCUT2D eigenvalue weighted by atomic mass is 10.2. The zero-order chi connectivity index (χ0) is 12.1. The molecule has 2 rings (SSSR count). The summed E-state index contributed by atoms with van der Waals surface area (Å²) in [4.78, 5) is 1.41. The van der Waals surface area contributed by atoms with Crippen LogP contribution in [0.15, 0.2) is 29.2 Å². The molecule has 0 aliphatic heterocycles. The van der Waals surface area contributed by atoms with E-state index in [0.717, 1.165) is 17.8 Å². The second-order valence-electron chi connectivity index (χ2n) is 4.86. The van der Waals surface area contributed by atoms with Gasteiger partial charge in [0.2, 0.25) is 0 Å². The van der Waals surface area contributed by atoms with Gasteiger partial charge in [-0.05, 0) is 43.4 Å². The Morgan fingerprint density at radius 3 is 2.35 bits per heavy atom. The van der Waals surface area contributed by atoms with E-state index in [-0.39, 0.29) is 0 Å². The minimum atomic E-state index is 0.769. The summed E-state index contributed by atoms with van der Waals surface area (Å²) < 4.78 is 0. The Hall–Kier alpha value is -0.470. The predicted octanol–water partition coefficient (Wildman–Crippen LogP) is 4.22. The first-order valence-corrected chi connectivity index (χ1v) is 7.68. The van der Waals surface area contributed by atoms with Crippen molar-refractivity contribution in [2.45, 2.75) is 62.3 Å². The molecule has 0 atom stereocenters. The fourth-order valence-corrected chi connectivity index (χ4v) is 2.89. The minimum absolute atomic E-state index is 0.769. The molecule has 0 spiro atoms. The molecule has 1 N–H and O–H groups in total. The van der Waals surface area contributed by atoms with E-state index >= 15 is 0 Å². The van der Waals surface area contributed by atoms with Crippen molar-refractivity contribution in [1.82, 2.24) is 5.32 Å². The van der Waals surface area contributed by atoms with Crippen LogP contribution in [0.3, 0.4) is 0 Å². The Morgan fingerprint density at radius 1 is 1.18 bits per heavy atom. The van der Waals surface area contributed by atoms with Gasteiger partial charge in [-0.25, -0.2) is 0 Å². The highest BCUT2D eigenvalue weighted by atomic mass is 32.2. The van der Waals surface area contributed by atoms with Crippen LogP contribution < -0.4 is 5.32 Å². The maximum Gasteiger partial charge on any atom is 0.0208 e. The largest absolute Gasteiger partial charge is 0.310 e. The molecule has 0 unspecified atom stereocenters. The van der Waals surface area contributed by atoms with Crippen LogP contribution in [0.1, 0.15) is 45.1 Å². The fourth-order valence-electron chi connectivity index (χ4n) is 1.88. The van der Waals surface area contributed by atoms with Crippen LogP contribution in [0.2, 0.25) is 0 Å². The van der Waals surface area contributed by atoms with Crippen LogP contribution in [0, 0.1) is 0 Å². The maximum atomic E-state index is 3.55. The summed E-state index contributed by atoms with van der Waals surface area (Å²) in [6, 6.07) is 9.87. The zero-order valence-corrected chi connectivity index (χ0v) is 11.7. The zero-order valence-electron chi connectivity index (χ0n) is 10.9. The summed E-state index contributed by atoms with van der Waals surface area (Å²) in [5, 5.41) is 4.32. The van der Waals surface area contributed by atoms with E-state index in [1.165, 1.54) is 36.1 Å². The van der Waals surface area contributed by atoms with Crippen LogP contribution in [-0.4, -0.2) is 11.3 Å². The van der Waals surface area contributed by atoms with Gasteiger partial charge in [0, 0.05) is 22.7 Å². The van der Waals surface area contributed by atoms with Crippen molar-refractivity contribution in [3.05, 3.63) is 29.8 Å². The summed E-state index contributed by atoms with van der Waals surface area (Å²) in [6.07, 6.45) is 5.24. The molecular formula is C15H23NS. The number of benzene rings is 1. The van der Waals surface area contributed by atoms with Crippen LogP contribution in [0.25, 0.3) is 0 Å². The van der Waals surface area contributed by atoms with Crippen LogP contribution in [0.4, 0.5) is 0 Å². The first-order valence-electron chi connectivity index (χ1n) is 6.80. The van der Waals surface area contributed by atoms with Gasteiger partial charge in [0.25, 0.3) is 0 Å². The highest BCUT2D eigenvalue weighted by Crippen LogP contribution is 2.27. The fraction of sp³-hybridized carbons (Fsp3) is 0.600. The predicted molar refractivity (Wildman–Crippen MR) is 76.5 cm³/mol. The molecule has 1 nitrogen and oxygen atoms in total. The van der Waals surface area contributed by atoms with Crippen molar-refractivity contribution in [2.75, 3.05) is 0 Å². The quantitative estimate of drug-likeness (QED) is 0.726. The van der Waals surface area contributed by atoms with Crippen molar-refractivity contribution in [2.24, 2.45) is 0 Å². The summed E-state index contributed by atoms with van der Waals surface area (Å²) in [6.45, 7) is 5.57. The Labute approximate surface area is 109 Å². The van der Waals surface area contributed by atoms with E-state index in [0.29, 0.717) is 0 Å². The molecular weight excluding hydrogens is 226 g/mol. The van der Waals surface area contributed by atoms with Gasteiger partial charge >= 0.3 is 0 Å². The molecule has 94 valence electrons. The molecule has 1 aromatic carbocycles. The van der Waals surface area contributed by atoms with Crippen molar-refractivity contribution >= 4 is 11.8 Å². The van der Waals surface area contributed by atoms with Crippen molar-refractivity contribution in [3.8, 4) is 0 Å². The van der Waals surface area contributed by atoms with Gasteiger partial charge in [0.1, 0.15) is 0 Å². The van der Waals surface area contributed by atoms with E-state index in [1.54, 1.807) is 0 Å². The number of nitrogens with one attached hydrogen (secondary N) is 1. The second kappa shape index (κ2) is 6.46. The Morgan fingerprint density at radius 2 is 1.82 bits per heavy atom. The van der Waals surface area contributed by atoms with Crippen molar-refractivity contribution in [3.63, 3.8) is 0 Å². The molecule has 0 heterocycles. The molecule has 0 saturated heterocycles. The molecule has 0 bridgehead atoms. The Balaban J connectivity index is 1.83. The van der Waals surface area contributed by atoms with Crippen LogP contribution in [-0.2, 0) is 6.54 Å². The third-order valence-corrected chi connectivity index (χ3v) is 4.85. The first-order chi connectivity index (χ1) is 8.31. The molecule has 1 aromatic rings. The highest BCUT2D eigenvalue weighted by molar-refractivity contribution is 8.00. The Bertz CT molecular complexity index is 325. The van der Waals surface area contributed by atoms with Gasteiger partial charge in [0.15, 0.2) is 0 Å². The standard InChI is InChI=1S/C15H23NS/c1-3-14(4-2)17-15-9-5-12(6-10-15)11-16-13-7-8-13/h5-6,9-10,13-14,16H,3-4,7-8,11H2,1-2H3. The number of thioether (sulfide) groups is 1. The average Bonchev–Trinajstić information content (AvgIpc) is 3.19. The highest BCUT2D eigenvalue weighted by Gasteiger charge is 2.19. The summed E-state index contributed by atoms with van der Waals surface area (Å²) >= 11 is 2.01. The van der Waals surface area contributed by atoms with Gasteiger partial charge in [-0.1, -0.05) is 26.0 Å². The molecule has 1 aliphatic rings. The van der Waals surface area contributed by atoms with Crippen LogP contribution >= 0.6 is 11.8 Å². The number of rotatable bonds is 7. The van der Waals surface area contributed by atoms with Crippen molar-refractivity contribution < 1.29 is 0 Å². The van der Waals surface area contributed by atoms with Gasteiger partial charge in [-0.15, -0.1) is 11.8 Å². The monoisotopic (exact) mass is 249 g/mol. The minimum Gasteiger partial charge on any atom is -0.310 e. The summed E-state index contributed by atoms with van der Waals surface area (Å²) in [5.41, 5.74) is 1.41. The van der Waals surface area contributed by atoms with Gasteiger partial charge in [0.05, 0.1) is 0 Å². The molecule has 0 radical (unpaired) electrons. The third kappa shape index (κ3) is 4.36. The number of hydrogen-bond acceptors (Lipinski definition) is 2. The lowest BCUT2D eigenvalue weighted by Crippen LogP contribution is -2.15. The van der Waals surface area contributed by atoms with Gasteiger partial charge < -0.3 is 5.32 Å². The van der Waals surface area contributed by atoms with Gasteiger partial charge in [-0.3, -0.25) is 0 Å². The normalized spacial score (nSPS) is 15.5. The molecule has 0 amide bonds. The number of hydrogen-bond donors (Lipinski definition) is 1. The lowest BCUT2D eigenvalue weighted by Gasteiger charge is -2.12. The van der Waals surface area contributed by atoms with Crippen LogP contribution in [0.5, 0.6) is 0 Å². The molecule has 2 heteroatoms. The van der Waals surface area contributed by atoms with Crippen molar-refractivity contribution in [1.29, 1.82) is 0 Å². The molecule has 1 aliphatic carbocycles. The average molecular weight is 249 g/mol. The summed E-state index contributed by atoms with van der Waals surface area (Å²) in [7, 11) is 0. The molecule has 0 aromatic heterocycles. The molecule has 17 heavy (non-hydrogen) atoms. The first kappa shape index (κ1) is 13.0. The SMILES string of the molecule is CCC(CC)Sc1ccc(CNC2CC2)cc1. The topological polar surface area (TPSA) is 12.0 Å². The van der Waals surface area contributed by atoms with E-state index in [1.807, 2.05) is 11.8 Å². The summed E-state index contributed by atoms with van der Waals surface area (Å²) in [5.74, 6) is 0. The molecule has 1 fully saturated rings. The smallest absolute Gasteiger partial charge is 0.0208 e. The molecule has 1 saturated carbocycles. The maximum absolute atomic E-state index is 3.55. The van der Waals surface area contributed by atoms with E-state index in [2.05, 4.69) is 43.4 Å². The Kier molecular flexibility index (Phi) is 4.93. The van der Waals surface area contributed by atoms with Gasteiger partial charge in [-0.2, -0.15) is 0 Å². The van der Waals surface area contributed by atoms with E-state index in [9.17, 15) is 0 Å².